The molecule has 0 spiro atoms. The van der Waals surface area contributed by atoms with Gasteiger partial charge in [0, 0.05) is 96.4 Å². The normalized spacial score (nSPS) is 30.0. The SMILES string of the molecule is C=C1CCC2[C@]3(C)CO[C@@H](C4CCCC4)O[C@@H]3CC[C@@]2(C)[C@@H]1CCOc1ccnc(OC)c1.C=C1CCC2[C@]3(C)CO[C@@H](C4CCCC4)O[C@@H]3CC[C@@]2(C)[C@@H]1CCOc1ccnc(OC)c1.CCl.COc1cc(=O)cc[nH]1.COc1cc(C)ccn1.Cc1cc[nH]c(=O)c1. The van der Waals surface area contributed by atoms with Crippen molar-refractivity contribution < 1.29 is 47.4 Å². The summed E-state index contributed by atoms with van der Waals surface area (Å²) in [5.41, 5.74) is 5.47. The number of hydrogen-bond acceptors (Lipinski definition) is 15. The molecule has 8 fully saturated rings. The third-order valence-electron chi connectivity index (χ3n) is 22.1. The van der Waals surface area contributed by atoms with E-state index in [2.05, 4.69) is 77.4 Å². The molecule has 0 radical (unpaired) electrons. The Kier molecular flexibility index (Phi) is 27.1. The highest BCUT2D eigenvalue weighted by Gasteiger charge is 2.62. The molecular weight excluding hydrogens is 1210 g/mol. The van der Waals surface area contributed by atoms with E-state index >= 15 is 0 Å². The first-order chi connectivity index (χ1) is 45.3. The van der Waals surface area contributed by atoms with Gasteiger partial charge in [0.15, 0.2) is 23.9 Å². The van der Waals surface area contributed by atoms with Crippen LogP contribution in [0.1, 0.15) is 154 Å². The topological polar surface area (TPSA) is 197 Å². The van der Waals surface area contributed by atoms with Crippen LogP contribution in [0.25, 0.3) is 0 Å². The minimum atomic E-state index is -0.0504. The number of methoxy groups -OCH3 is 4. The third-order valence-corrected chi connectivity index (χ3v) is 22.1. The summed E-state index contributed by atoms with van der Waals surface area (Å²) in [6, 6.07) is 17.5. The van der Waals surface area contributed by atoms with Crippen LogP contribution in [-0.2, 0) is 18.9 Å². The molecule has 12 atom stereocenters. The Morgan fingerprint density at radius 2 is 0.968 bits per heavy atom. The lowest BCUT2D eigenvalue weighted by molar-refractivity contribution is -0.316. The highest BCUT2D eigenvalue weighted by Crippen LogP contribution is 2.65. The fraction of sp³-hybridized carbons (Fsp3) is 0.618. The number of alkyl halides is 1. The van der Waals surface area contributed by atoms with Gasteiger partial charge in [-0.1, -0.05) is 77.7 Å². The predicted octanol–water partition coefficient (Wildman–Crippen LogP) is 15.7. The number of allylic oxidation sites excluding steroid dienone is 2. The summed E-state index contributed by atoms with van der Waals surface area (Å²) >= 11 is 4.64. The van der Waals surface area contributed by atoms with E-state index in [-0.39, 0.29) is 45.2 Å². The van der Waals surface area contributed by atoms with Crippen molar-refractivity contribution in [1.29, 1.82) is 0 Å². The van der Waals surface area contributed by atoms with E-state index in [9.17, 15) is 9.59 Å². The Morgan fingerprint density at radius 3 is 1.35 bits per heavy atom. The molecule has 2 unspecified atom stereocenters. The van der Waals surface area contributed by atoms with E-state index in [1.165, 1.54) is 119 Å². The lowest BCUT2D eigenvalue weighted by atomic mass is 9.46. The smallest absolute Gasteiger partial charge is 0.248 e. The summed E-state index contributed by atoms with van der Waals surface area (Å²) in [4.78, 5) is 38.5. The van der Waals surface area contributed by atoms with Crippen molar-refractivity contribution in [2.75, 3.05) is 61.2 Å². The van der Waals surface area contributed by atoms with Gasteiger partial charge >= 0.3 is 0 Å². The van der Waals surface area contributed by atoms with Gasteiger partial charge < -0.3 is 57.3 Å². The van der Waals surface area contributed by atoms with Gasteiger partial charge in [0.05, 0.1) is 67.1 Å². The number of pyridine rings is 5. The van der Waals surface area contributed by atoms with Gasteiger partial charge in [-0.15, -0.1) is 11.6 Å². The summed E-state index contributed by atoms with van der Waals surface area (Å²) in [5.74, 6) is 7.27. The van der Waals surface area contributed by atoms with Gasteiger partial charge in [-0.2, -0.15) is 0 Å². The Morgan fingerprint density at radius 1 is 0.532 bits per heavy atom. The number of nitrogens with zero attached hydrogens (tertiary/aromatic N) is 3. The first kappa shape index (κ1) is 73.6. The summed E-state index contributed by atoms with van der Waals surface area (Å²) in [6.45, 7) is 25.9. The standard InChI is InChI=1S/2C28H41NO4.C7H9NO.C6H7NO2.C6H7NO.CH3Cl/c2*1-19-9-10-23-27(2,22(19)13-16-31-21-12-15-29-25(17-21)30-4)14-11-24-28(23,3)18-32-26(33-24)20-7-5-6-8-20;1-6-3-4-8-7(5-6)9-2;1-9-6-4-5(8)2-3-7-6;1-5-2-3-7-6(8)4-5;1-2/h2*12,15,17,20,22-24,26H,1,5-11,13-14,16,18H2,2-4H3;3-5H,1-2H3;2-4H,1H3,(H,7,8);2-4H,1H3,(H,7,8);1H3/t2*22-,23?,24-,26-,27+,28+;;;;/m11..../s1. The van der Waals surface area contributed by atoms with Gasteiger partial charge in [0.1, 0.15) is 11.5 Å². The number of hydrogen-bond donors (Lipinski definition) is 2. The number of aromatic nitrogens is 5. The molecule has 18 heteroatoms. The van der Waals surface area contributed by atoms with Crippen LogP contribution in [0.3, 0.4) is 0 Å². The van der Waals surface area contributed by atoms with Crippen molar-refractivity contribution in [2.45, 2.75) is 182 Å². The molecule has 5 aromatic rings. The lowest BCUT2D eigenvalue weighted by Crippen LogP contribution is -2.62. The van der Waals surface area contributed by atoms with E-state index in [4.69, 9.17) is 47.4 Å². The summed E-state index contributed by atoms with van der Waals surface area (Å²) in [5, 5.41) is 0. The van der Waals surface area contributed by atoms with Crippen molar-refractivity contribution in [3.05, 3.63) is 148 Å². The fourth-order valence-electron chi connectivity index (χ4n) is 17.2. The number of aryl methyl sites for hydroxylation is 2. The first-order valence-electron chi connectivity index (χ1n) is 34.2. The highest BCUT2D eigenvalue weighted by atomic mass is 35.5. The largest absolute Gasteiger partial charge is 0.493 e. The van der Waals surface area contributed by atoms with Crippen LogP contribution in [0.15, 0.2) is 126 Å². The molecule has 0 amide bonds. The molecule has 2 N–H and O–H groups in total. The first-order valence-corrected chi connectivity index (χ1v) is 35.0. The Labute approximate surface area is 564 Å². The van der Waals surface area contributed by atoms with Gasteiger partial charge in [-0.25, -0.2) is 15.0 Å². The second kappa shape index (κ2) is 34.6. The molecule has 0 aromatic carbocycles. The number of nitrogens with one attached hydrogen (secondary N) is 2. The van der Waals surface area contributed by atoms with Crippen LogP contribution in [0.5, 0.6) is 35.0 Å². The molecule has 17 nitrogen and oxygen atoms in total. The maximum Gasteiger partial charge on any atom is 0.248 e. The zero-order valence-electron chi connectivity index (χ0n) is 58.0. The summed E-state index contributed by atoms with van der Waals surface area (Å²) in [6.07, 6.45) is 32.1. The van der Waals surface area contributed by atoms with Gasteiger partial charge in [-0.3, -0.25) is 9.59 Å². The molecule has 2 saturated heterocycles. The van der Waals surface area contributed by atoms with Crippen molar-refractivity contribution in [2.24, 2.45) is 57.2 Å². The molecule has 8 aliphatic rings. The van der Waals surface area contributed by atoms with Gasteiger partial charge in [0.25, 0.3) is 0 Å². The van der Waals surface area contributed by atoms with Crippen LogP contribution in [-0.4, -0.2) is 111 Å². The van der Waals surface area contributed by atoms with Crippen LogP contribution in [0.2, 0.25) is 0 Å². The number of halogens is 1. The van der Waals surface area contributed by atoms with E-state index < -0.39 is 0 Å². The van der Waals surface area contributed by atoms with Crippen molar-refractivity contribution in [1.82, 2.24) is 24.9 Å². The lowest BCUT2D eigenvalue weighted by Gasteiger charge is -2.63. The summed E-state index contributed by atoms with van der Waals surface area (Å²) in [7, 11) is 6.38. The average Bonchev–Trinajstić information content (AvgIpc) is 0.729. The predicted molar refractivity (Wildman–Crippen MR) is 369 cm³/mol. The summed E-state index contributed by atoms with van der Waals surface area (Å²) < 4.78 is 58.7. The number of fused-ring (bicyclic) bond motifs is 6. The Hall–Kier alpha value is -6.24. The van der Waals surface area contributed by atoms with Crippen molar-refractivity contribution in [3.63, 3.8) is 0 Å². The van der Waals surface area contributed by atoms with E-state index in [1.807, 2.05) is 56.3 Å². The number of ether oxygens (including phenoxy) is 10. The molecule has 7 heterocycles. The number of H-pyrrole nitrogens is 2. The third kappa shape index (κ3) is 18.2. The minimum absolute atomic E-state index is 0.0232. The maximum atomic E-state index is 10.5. The monoisotopic (exact) mass is 1320 g/mol. The number of rotatable bonds is 14. The van der Waals surface area contributed by atoms with Crippen LogP contribution >= 0.6 is 11.6 Å². The molecule has 0 bridgehead atoms. The van der Waals surface area contributed by atoms with Crippen LogP contribution in [0.4, 0.5) is 0 Å². The maximum absolute atomic E-state index is 10.5. The molecular formula is C76H108ClN5O12. The second-order valence-corrected chi connectivity index (χ2v) is 27.9. The molecule has 5 aromatic heterocycles. The van der Waals surface area contributed by atoms with Crippen LogP contribution < -0.4 is 39.4 Å². The quantitative estimate of drug-likeness (QED) is 0.0786. The van der Waals surface area contributed by atoms with Crippen molar-refractivity contribution in [3.8, 4) is 35.0 Å². The second-order valence-electron chi connectivity index (χ2n) is 27.9. The molecule has 2 aliphatic heterocycles. The molecule has 6 saturated carbocycles. The zero-order valence-corrected chi connectivity index (χ0v) is 58.8. The van der Waals surface area contributed by atoms with E-state index in [0.29, 0.717) is 84.4 Å². The van der Waals surface area contributed by atoms with Gasteiger partial charge in [-0.05, 0) is 174 Å². The fourth-order valence-corrected chi connectivity index (χ4v) is 17.2. The average molecular weight is 1320 g/mol. The van der Waals surface area contributed by atoms with Gasteiger partial charge in [0.2, 0.25) is 23.2 Å². The molecule has 516 valence electrons. The zero-order chi connectivity index (χ0) is 67.5. The van der Waals surface area contributed by atoms with Crippen LogP contribution in [0, 0.1) is 71.0 Å². The molecule has 94 heavy (non-hydrogen) atoms. The van der Waals surface area contributed by atoms with E-state index in [1.54, 1.807) is 58.4 Å². The Bertz CT molecular complexity index is 3160. The minimum Gasteiger partial charge on any atom is -0.493 e. The van der Waals surface area contributed by atoms with E-state index in [0.717, 1.165) is 68.8 Å². The highest BCUT2D eigenvalue weighted by molar-refractivity contribution is 6.15. The molecule has 6 aliphatic carbocycles. The molecule has 13 rings (SSSR count). The Balaban J connectivity index is 0.000000172. The number of aromatic amines is 2. The van der Waals surface area contributed by atoms with Crippen molar-refractivity contribution >= 4 is 11.6 Å².